The summed E-state index contributed by atoms with van der Waals surface area (Å²) in [5.74, 6) is 1.56. The third-order valence-electron chi connectivity index (χ3n) is 4.20. The summed E-state index contributed by atoms with van der Waals surface area (Å²) in [6.07, 6.45) is 1.47. The van der Waals surface area contributed by atoms with Crippen molar-refractivity contribution in [2.24, 2.45) is 0 Å². The molecular weight excluding hydrogens is 346 g/mol. The number of methoxy groups -OCH3 is 1. The van der Waals surface area contributed by atoms with Gasteiger partial charge in [0.2, 0.25) is 11.8 Å². The summed E-state index contributed by atoms with van der Waals surface area (Å²) in [6, 6.07) is 8.80. The standard InChI is InChI=1S/C20H23N3O4/c1-12-6-8-14(10-15(12)26-5)27-16-9-7-13(11-21-16)23-18(24)17(20(2,3)4)22-19(23)25/h6-11,24H,1-5H3,(H,22,25). The Morgan fingerprint density at radius 2 is 1.93 bits per heavy atom. The van der Waals surface area contributed by atoms with Gasteiger partial charge in [-0.1, -0.05) is 26.8 Å². The van der Waals surface area contributed by atoms with Gasteiger partial charge in [-0.2, -0.15) is 0 Å². The Hall–Kier alpha value is -3.22. The third kappa shape index (κ3) is 3.67. The minimum absolute atomic E-state index is 0.119. The number of hydrogen-bond donors (Lipinski definition) is 2. The SMILES string of the molecule is COc1cc(Oc2ccc(-n3c(O)c(C(C)(C)C)[nH]c3=O)cn2)ccc1C. The maximum Gasteiger partial charge on any atom is 0.333 e. The number of benzene rings is 1. The molecule has 0 radical (unpaired) electrons. The van der Waals surface area contributed by atoms with E-state index in [9.17, 15) is 9.90 Å². The van der Waals surface area contributed by atoms with Crippen molar-refractivity contribution in [1.82, 2.24) is 14.5 Å². The molecule has 0 bridgehead atoms. The lowest BCUT2D eigenvalue weighted by molar-refractivity contribution is 0.404. The van der Waals surface area contributed by atoms with Crippen LogP contribution in [0.25, 0.3) is 5.69 Å². The minimum Gasteiger partial charge on any atom is -0.496 e. The Kier molecular flexibility index (Phi) is 4.70. The number of pyridine rings is 1. The predicted octanol–water partition coefficient (Wildman–Crippen LogP) is 3.67. The second-order valence-corrected chi connectivity index (χ2v) is 7.30. The van der Waals surface area contributed by atoms with E-state index in [0.29, 0.717) is 23.0 Å². The van der Waals surface area contributed by atoms with Crippen molar-refractivity contribution in [3.05, 3.63) is 58.3 Å². The molecule has 0 amide bonds. The number of aromatic nitrogens is 3. The Morgan fingerprint density at radius 3 is 2.48 bits per heavy atom. The summed E-state index contributed by atoms with van der Waals surface area (Å²) in [5.41, 5.74) is 1.11. The number of aromatic hydroxyl groups is 1. The van der Waals surface area contributed by atoms with E-state index in [0.717, 1.165) is 11.3 Å². The zero-order chi connectivity index (χ0) is 19.8. The number of imidazole rings is 1. The maximum absolute atomic E-state index is 12.3. The van der Waals surface area contributed by atoms with Crippen molar-refractivity contribution in [2.45, 2.75) is 33.1 Å². The normalized spacial score (nSPS) is 11.4. The summed E-state index contributed by atoms with van der Waals surface area (Å²) < 4.78 is 12.2. The molecule has 2 aromatic heterocycles. The van der Waals surface area contributed by atoms with Crippen molar-refractivity contribution in [1.29, 1.82) is 0 Å². The lowest BCUT2D eigenvalue weighted by atomic mass is 9.92. The first kappa shape index (κ1) is 18.6. The zero-order valence-corrected chi connectivity index (χ0v) is 16.0. The number of hydrogen-bond acceptors (Lipinski definition) is 5. The Bertz CT molecular complexity index is 1010. The molecule has 0 aliphatic carbocycles. The summed E-state index contributed by atoms with van der Waals surface area (Å²) in [4.78, 5) is 19.2. The summed E-state index contributed by atoms with van der Waals surface area (Å²) >= 11 is 0. The van der Waals surface area contributed by atoms with E-state index in [4.69, 9.17) is 9.47 Å². The Labute approximate surface area is 157 Å². The van der Waals surface area contributed by atoms with Crippen LogP contribution in [0, 0.1) is 6.92 Å². The topological polar surface area (TPSA) is 89.4 Å². The molecule has 7 heteroatoms. The highest BCUT2D eigenvalue weighted by Crippen LogP contribution is 2.30. The molecule has 0 spiro atoms. The highest BCUT2D eigenvalue weighted by Gasteiger charge is 2.25. The molecule has 142 valence electrons. The number of rotatable bonds is 4. The van der Waals surface area contributed by atoms with Crippen LogP contribution < -0.4 is 15.2 Å². The zero-order valence-electron chi connectivity index (χ0n) is 16.0. The van der Waals surface area contributed by atoms with Crippen LogP contribution in [0.2, 0.25) is 0 Å². The monoisotopic (exact) mass is 369 g/mol. The lowest BCUT2D eigenvalue weighted by Crippen LogP contribution is -2.16. The largest absolute Gasteiger partial charge is 0.496 e. The first-order valence-corrected chi connectivity index (χ1v) is 8.54. The molecule has 2 heterocycles. The van der Waals surface area contributed by atoms with E-state index in [-0.39, 0.29) is 5.88 Å². The second-order valence-electron chi connectivity index (χ2n) is 7.30. The van der Waals surface area contributed by atoms with Gasteiger partial charge in [-0.15, -0.1) is 0 Å². The average molecular weight is 369 g/mol. The highest BCUT2D eigenvalue weighted by atomic mass is 16.5. The van der Waals surface area contributed by atoms with E-state index in [2.05, 4.69) is 9.97 Å². The van der Waals surface area contributed by atoms with Gasteiger partial charge in [-0.25, -0.2) is 14.3 Å². The molecule has 0 atom stereocenters. The Balaban J connectivity index is 1.89. The lowest BCUT2D eigenvalue weighted by Gasteiger charge is -2.16. The molecule has 1 aromatic carbocycles. The molecule has 0 saturated carbocycles. The van der Waals surface area contributed by atoms with Gasteiger partial charge in [0.15, 0.2) is 0 Å². The molecule has 3 rings (SSSR count). The number of ether oxygens (including phenoxy) is 2. The van der Waals surface area contributed by atoms with E-state index in [1.807, 2.05) is 39.8 Å². The highest BCUT2D eigenvalue weighted by molar-refractivity contribution is 5.42. The molecule has 0 aliphatic heterocycles. The Morgan fingerprint density at radius 1 is 1.19 bits per heavy atom. The third-order valence-corrected chi connectivity index (χ3v) is 4.20. The first-order chi connectivity index (χ1) is 12.7. The average Bonchev–Trinajstić information content (AvgIpc) is 2.92. The first-order valence-electron chi connectivity index (χ1n) is 8.54. The van der Waals surface area contributed by atoms with Crippen LogP contribution in [0.1, 0.15) is 32.0 Å². The fourth-order valence-corrected chi connectivity index (χ4v) is 2.74. The summed E-state index contributed by atoms with van der Waals surface area (Å²) in [6.45, 7) is 7.68. The van der Waals surface area contributed by atoms with Crippen LogP contribution in [0.5, 0.6) is 23.3 Å². The smallest absolute Gasteiger partial charge is 0.333 e. The number of H-pyrrole nitrogens is 1. The van der Waals surface area contributed by atoms with E-state index >= 15 is 0 Å². The number of nitrogens with one attached hydrogen (secondary N) is 1. The van der Waals surface area contributed by atoms with E-state index < -0.39 is 11.1 Å². The van der Waals surface area contributed by atoms with Crippen LogP contribution >= 0.6 is 0 Å². The number of aryl methyl sites for hydroxylation is 1. The molecule has 2 N–H and O–H groups in total. The van der Waals surface area contributed by atoms with Gasteiger partial charge in [0.25, 0.3) is 0 Å². The fourth-order valence-electron chi connectivity index (χ4n) is 2.74. The maximum atomic E-state index is 12.3. The predicted molar refractivity (Wildman–Crippen MR) is 102 cm³/mol. The van der Waals surface area contributed by atoms with Crippen molar-refractivity contribution in [2.75, 3.05) is 7.11 Å². The van der Waals surface area contributed by atoms with E-state index in [1.54, 1.807) is 25.3 Å². The molecule has 0 fully saturated rings. The van der Waals surface area contributed by atoms with Crippen LogP contribution in [-0.4, -0.2) is 26.8 Å². The van der Waals surface area contributed by atoms with Crippen molar-refractivity contribution in [3.63, 3.8) is 0 Å². The molecular formula is C20H23N3O4. The van der Waals surface area contributed by atoms with Gasteiger partial charge in [-0.3, -0.25) is 0 Å². The van der Waals surface area contributed by atoms with E-state index in [1.165, 1.54) is 10.8 Å². The molecule has 27 heavy (non-hydrogen) atoms. The van der Waals surface area contributed by atoms with Crippen molar-refractivity contribution >= 4 is 0 Å². The van der Waals surface area contributed by atoms with Gasteiger partial charge >= 0.3 is 5.69 Å². The quantitative estimate of drug-likeness (QED) is 0.732. The fraction of sp³-hybridized carbons (Fsp3) is 0.300. The molecule has 0 saturated heterocycles. The molecule has 3 aromatic rings. The van der Waals surface area contributed by atoms with Crippen LogP contribution in [0.3, 0.4) is 0 Å². The van der Waals surface area contributed by atoms with Gasteiger partial charge in [0.1, 0.15) is 11.5 Å². The molecule has 7 nitrogen and oxygen atoms in total. The number of nitrogens with zero attached hydrogens (tertiary/aromatic N) is 2. The number of aromatic amines is 1. The summed E-state index contributed by atoms with van der Waals surface area (Å²) in [5, 5.41) is 10.4. The van der Waals surface area contributed by atoms with Gasteiger partial charge in [-0.05, 0) is 24.6 Å². The molecule has 0 aliphatic rings. The second kappa shape index (κ2) is 6.83. The minimum atomic E-state index is -0.420. The van der Waals surface area contributed by atoms with Crippen LogP contribution in [0.15, 0.2) is 41.3 Å². The van der Waals surface area contributed by atoms with Gasteiger partial charge < -0.3 is 19.6 Å². The van der Waals surface area contributed by atoms with Crippen LogP contribution in [-0.2, 0) is 5.41 Å². The van der Waals surface area contributed by atoms with Gasteiger partial charge in [0, 0.05) is 17.5 Å². The van der Waals surface area contributed by atoms with Crippen molar-refractivity contribution < 1.29 is 14.6 Å². The summed E-state index contributed by atoms with van der Waals surface area (Å²) in [7, 11) is 1.60. The van der Waals surface area contributed by atoms with Crippen LogP contribution in [0.4, 0.5) is 0 Å². The molecule has 0 unspecified atom stereocenters. The van der Waals surface area contributed by atoms with Gasteiger partial charge in [0.05, 0.1) is 24.7 Å². The van der Waals surface area contributed by atoms with Crippen molar-refractivity contribution in [3.8, 4) is 28.9 Å².